The van der Waals surface area contributed by atoms with Gasteiger partial charge in [0.05, 0.1) is 6.42 Å². The van der Waals surface area contributed by atoms with Crippen LogP contribution in [0, 0.1) is 0 Å². The minimum atomic E-state index is -0.925. The fourth-order valence-corrected chi connectivity index (χ4v) is 3.54. The molecule has 0 saturated heterocycles. The zero-order valence-corrected chi connectivity index (χ0v) is 20.2. The van der Waals surface area contributed by atoms with Crippen LogP contribution in [-0.2, 0) is 11.4 Å². The van der Waals surface area contributed by atoms with Gasteiger partial charge in [0.15, 0.2) is 6.61 Å². The molecule has 1 atom stereocenters. The summed E-state index contributed by atoms with van der Waals surface area (Å²) >= 11 is 0. The predicted octanol–water partition coefficient (Wildman–Crippen LogP) is 3.68. The van der Waals surface area contributed by atoms with Crippen molar-refractivity contribution in [1.29, 1.82) is 0 Å². The molecule has 4 N–H and O–H groups in total. The number of aliphatic carboxylic acids is 1. The van der Waals surface area contributed by atoms with Gasteiger partial charge in [0, 0.05) is 11.6 Å². The van der Waals surface area contributed by atoms with E-state index in [2.05, 4.69) is 5.16 Å². The summed E-state index contributed by atoms with van der Waals surface area (Å²) in [6, 6.07) is 33.7. The molecule has 0 aliphatic carbocycles. The number of nitrogens with one attached hydrogen (secondary N) is 1. The molecule has 7 heteroatoms. The second-order valence-electron chi connectivity index (χ2n) is 8.36. The van der Waals surface area contributed by atoms with E-state index in [4.69, 9.17) is 25.2 Å². The van der Waals surface area contributed by atoms with Gasteiger partial charge in [-0.25, -0.2) is 4.84 Å². The first-order valence-electron chi connectivity index (χ1n) is 11.9. The Morgan fingerprint density at radius 3 is 2.00 bits per heavy atom. The molecule has 4 aromatic carbocycles. The van der Waals surface area contributed by atoms with Gasteiger partial charge in [0.2, 0.25) is 5.75 Å². The minimum absolute atomic E-state index is 0.116. The monoisotopic (exact) mass is 497 g/mol. The summed E-state index contributed by atoms with van der Waals surface area (Å²) in [5, 5.41) is 11.9. The molecule has 188 valence electrons. The molecule has 0 aliphatic heterocycles. The lowest BCUT2D eigenvalue weighted by atomic mass is 10.0. The fourth-order valence-electron chi connectivity index (χ4n) is 3.54. The van der Waals surface area contributed by atoms with Crippen LogP contribution in [0.25, 0.3) is 0 Å². The third-order valence-electron chi connectivity index (χ3n) is 5.57. The molecule has 0 radical (unpaired) electrons. The first-order valence-corrected chi connectivity index (χ1v) is 11.9. The van der Waals surface area contributed by atoms with E-state index in [0.29, 0.717) is 24.7 Å². The number of para-hydroxylation sites is 1. The number of nitrogens with two attached hydrogens (primary N) is 1. The summed E-state index contributed by atoms with van der Waals surface area (Å²) < 4.78 is 11.9. The molecule has 4 aromatic rings. The van der Waals surface area contributed by atoms with Gasteiger partial charge in [-0.3, -0.25) is 4.79 Å². The van der Waals surface area contributed by atoms with Gasteiger partial charge in [-0.05, 0) is 64.8 Å². The highest BCUT2D eigenvalue weighted by Gasteiger charge is 2.13. The number of hydrogen-bond donors (Lipinski definition) is 3. The molecule has 37 heavy (non-hydrogen) atoms. The van der Waals surface area contributed by atoms with Crippen molar-refractivity contribution in [3.63, 3.8) is 0 Å². The molecule has 0 fully saturated rings. The smallest absolute Gasteiger partial charge is 0.305 e. The number of benzene rings is 4. The number of carboxylic acids is 1. The van der Waals surface area contributed by atoms with Crippen molar-refractivity contribution in [2.45, 2.75) is 19.1 Å². The first kappa shape index (κ1) is 25.5. The van der Waals surface area contributed by atoms with Crippen LogP contribution >= 0.6 is 0 Å². The number of carbonyl (C=O) groups is 1. The third kappa shape index (κ3) is 7.95. The highest BCUT2D eigenvalue weighted by atomic mass is 16.6. The Hall–Kier alpha value is -4.62. The Morgan fingerprint density at radius 1 is 0.757 bits per heavy atom. The average Bonchev–Trinajstić information content (AvgIpc) is 2.93. The molecule has 0 heterocycles. The van der Waals surface area contributed by atoms with Gasteiger partial charge in [-0.2, -0.15) is 0 Å². The molecule has 4 rings (SSSR count). The molecule has 0 aromatic heterocycles. The zero-order chi connectivity index (χ0) is 25.9. The van der Waals surface area contributed by atoms with Crippen molar-refractivity contribution in [3.8, 4) is 17.2 Å². The zero-order valence-electron chi connectivity index (χ0n) is 20.2. The Bertz CT molecular complexity index is 1290. The minimum Gasteiger partial charge on any atom is -0.489 e. The molecule has 0 saturated carbocycles. The van der Waals surface area contributed by atoms with E-state index in [1.165, 1.54) is 0 Å². The highest BCUT2D eigenvalue weighted by molar-refractivity contribution is 5.97. The van der Waals surface area contributed by atoms with Gasteiger partial charge in [0.25, 0.3) is 5.71 Å². The van der Waals surface area contributed by atoms with Crippen molar-refractivity contribution >= 4 is 11.7 Å². The summed E-state index contributed by atoms with van der Waals surface area (Å²) in [5.41, 5.74) is 9.40. The van der Waals surface area contributed by atoms with Crippen molar-refractivity contribution in [2.24, 2.45) is 5.73 Å². The van der Waals surface area contributed by atoms with Crippen LogP contribution in [0.2, 0.25) is 0 Å². The Balaban J connectivity index is 1.32. The molecule has 1 unspecified atom stereocenters. The predicted molar refractivity (Wildman–Crippen MR) is 140 cm³/mol. The Labute approximate surface area is 215 Å². The molecule has 7 nitrogen and oxygen atoms in total. The van der Waals surface area contributed by atoms with E-state index >= 15 is 0 Å². The lowest BCUT2D eigenvalue weighted by Crippen LogP contribution is -2.77. The standard InChI is InChI=1S/C30H28N2O5/c31-28(19-30(33)34)23-13-17-26(18-14-23)35-20-22-11-15-25(16-12-22)36-21-29(24-7-3-1-4-8-24)32-37-27-9-5-2-6-10-27/h1-18,28H,19-21,31H2,(H,33,34)/p+1/b32-29+. The summed E-state index contributed by atoms with van der Waals surface area (Å²) in [6.07, 6.45) is -0.116. The first-order chi connectivity index (χ1) is 18.1. The lowest BCUT2D eigenvalue weighted by Gasteiger charge is -2.11. The maximum Gasteiger partial charge on any atom is 0.305 e. The summed E-state index contributed by atoms with van der Waals surface area (Å²) in [7, 11) is 0. The lowest BCUT2D eigenvalue weighted by molar-refractivity contribution is -0.704. The topological polar surface area (TPSA) is 105 Å². The summed E-state index contributed by atoms with van der Waals surface area (Å²) in [6.45, 7) is 0.678. The summed E-state index contributed by atoms with van der Waals surface area (Å²) in [5.74, 6) is 1.18. The molecule has 0 spiro atoms. The number of carboxylic acid groups (broad SMARTS) is 1. The van der Waals surface area contributed by atoms with E-state index in [1.54, 1.807) is 24.3 Å². The van der Waals surface area contributed by atoms with Gasteiger partial charge < -0.3 is 20.3 Å². The quantitative estimate of drug-likeness (QED) is 0.204. The van der Waals surface area contributed by atoms with Gasteiger partial charge in [-0.1, -0.05) is 60.7 Å². The van der Waals surface area contributed by atoms with Crippen molar-refractivity contribution < 1.29 is 29.4 Å². The van der Waals surface area contributed by atoms with Crippen molar-refractivity contribution in [2.75, 3.05) is 6.61 Å². The van der Waals surface area contributed by atoms with Crippen LogP contribution in [0.3, 0.4) is 0 Å². The van der Waals surface area contributed by atoms with Crippen molar-refractivity contribution in [3.05, 3.63) is 126 Å². The molecular weight excluding hydrogens is 468 g/mol. The Kier molecular flexibility index (Phi) is 8.88. The van der Waals surface area contributed by atoms with E-state index in [1.807, 2.05) is 84.9 Å². The average molecular weight is 498 g/mol. The Morgan fingerprint density at radius 2 is 1.35 bits per heavy atom. The van der Waals surface area contributed by atoms with Crippen LogP contribution in [-0.4, -0.2) is 23.4 Å². The van der Waals surface area contributed by atoms with Crippen LogP contribution < -0.4 is 25.2 Å². The third-order valence-corrected chi connectivity index (χ3v) is 5.57. The van der Waals surface area contributed by atoms with Gasteiger partial charge in [-0.15, -0.1) is 0 Å². The van der Waals surface area contributed by atoms with Crippen LogP contribution in [0.15, 0.2) is 109 Å². The largest absolute Gasteiger partial charge is 0.489 e. The molecule has 0 aliphatic rings. The number of hydrogen-bond acceptors (Lipinski definition) is 5. The molecule has 0 amide bonds. The molecular formula is C30H29N2O5+. The summed E-state index contributed by atoms with van der Waals surface area (Å²) in [4.78, 5) is 16.6. The highest BCUT2D eigenvalue weighted by Crippen LogP contribution is 2.20. The molecule has 0 bridgehead atoms. The second-order valence-corrected chi connectivity index (χ2v) is 8.36. The van der Waals surface area contributed by atoms with E-state index in [0.717, 1.165) is 28.2 Å². The van der Waals surface area contributed by atoms with Crippen LogP contribution in [0.5, 0.6) is 17.2 Å². The number of rotatable bonds is 12. The van der Waals surface area contributed by atoms with Crippen molar-refractivity contribution in [1.82, 2.24) is 0 Å². The number of ether oxygens (including phenoxy) is 2. The van der Waals surface area contributed by atoms with E-state index in [9.17, 15) is 4.79 Å². The van der Waals surface area contributed by atoms with Crippen LogP contribution in [0.4, 0.5) is 0 Å². The normalized spacial score (nSPS) is 12.0. The van der Waals surface area contributed by atoms with Gasteiger partial charge in [0.1, 0.15) is 18.1 Å². The maximum absolute atomic E-state index is 10.8. The second kappa shape index (κ2) is 12.9. The SMILES string of the molecule is NC(CC(=O)O)c1ccc(OCc2ccc(OC/C(=[NH+]\Oc3ccccc3)c3ccccc3)cc2)cc1. The fraction of sp³-hybridized carbons (Fsp3) is 0.133. The maximum atomic E-state index is 10.8. The van der Waals surface area contributed by atoms with Gasteiger partial charge >= 0.3 is 5.97 Å². The van der Waals surface area contributed by atoms with E-state index in [-0.39, 0.29) is 6.42 Å². The van der Waals surface area contributed by atoms with Crippen LogP contribution in [0.1, 0.15) is 29.2 Å². The van der Waals surface area contributed by atoms with E-state index < -0.39 is 12.0 Å².